The van der Waals surface area contributed by atoms with E-state index in [0.29, 0.717) is 25.2 Å². The molecule has 0 aliphatic heterocycles. The molecule has 2 rings (SSSR count). The van der Waals surface area contributed by atoms with Gasteiger partial charge >= 0.3 is 0 Å². The van der Waals surface area contributed by atoms with Crippen LogP contribution in [0.2, 0.25) is 0 Å². The molecule has 4 nitrogen and oxygen atoms in total. The molecular weight excluding hydrogens is 333 g/mol. The lowest BCUT2D eigenvalue weighted by Gasteiger charge is -2.25. The fourth-order valence-corrected chi connectivity index (χ4v) is 5.76. The molecule has 1 aliphatic rings. The monoisotopic (exact) mass is 365 g/mol. The molecule has 2 atom stereocenters. The van der Waals surface area contributed by atoms with Crippen LogP contribution in [0, 0.1) is 5.92 Å². The van der Waals surface area contributed by atoms with Gasteiger partial charge < -0.3 is 14.9 Å². The molecule has 5 heteroatoms. The van der Waals surface area contributed by atoms with E-state index in [-0.39, 0.29) is 12.6 Å². The van der Waals surface area contributed by atoms with Crippen LogP contribution < -0.4 is 5.32 Å². The van der Waals surface area contributed by atoms with E-state index < -0.39 is 7.37 Å². The van der Waals surface area contributed by atoms with Gasteiger partial charge in [0.15, 0.2) is 0 Å². The van der Waals surface area contributed by atoms with E-state index in [2.05, 4.69) is 5.32 Å². The molecule has 0 bridgehead atoms. The van der Waals surface area contributed by atoms with Crippen molar-refractivity contribution in [3.8, 4) is 0 Å². The minimum absolute atomic E-state index is 0.0308. The first-order valence-corrected chi connectivity index (χ1v) is 11.3. The SMILES string of the molecule is CCOP(=O)(/C=C/CNC(CO)c1ccccc1)CC1CCCCC1. The average Bonchev–Trinajstić information content (AvgIpc) is 2.63. The molecule has 2 unspecified atom stereocenters. The molecule has 1 aromatic rings. The first kappa shape index (κ1) is 20.4. The minimum Gasteiger partial charge on any atom is -0.394 e. The Labute approximate surface area is 152 Å². The summed E-state index contributed by atoms with van der Waals surface area (Å²) in [6.07, 6.45) is 8.70. The van der Waals surface area contributed by atoms with Crippen LogP contribution in [0.4, 0.5) is 0 Å². The quantitative estimate of drug-likeness (QED) is 0.589. The molecule has 2 N–H and O–H groups in total. The Balaban J connectivity index is 1.88. The van der Waals surface area contributed by atoms with Crippen LogP contribution >= 0.6 is 7.37 Å². The number of hydrogen-bond acceptors (Lipinski definition) is 4. The van der Waals surface area contributed by atoms with Crippen LogP contribution in [0.3, 0.4) is 0 Å². The van der Waals surface area contributed by atoms with Crippen molar-refractivity contribution in [3.63, 3.8) is 0 Å². The summed E-state index contributed by atoms with van der Waals surface area (Å²) >= 11 is 0. The molecule has 1 aliphatic carbocycles. The van der Waals surface area contributed by atoms with E-state index in [1.165, 1.54) is 32.1 Å². The van der Waals surface area contributed by atoms with Gasteiger partial charge in [0.2, 0.25) is 7.37 Å². The molecule has 0 spiro atoms. The first-order valence-electron chi connectivity index (χ1n) is 9.47. The van der Waals surface area contributed by atoms with Crippen LogP contribution in [0.1, 0.15) is 50.6 Å². The lowest BCUT2D eigenvalue weighted by atomic mass is 9.91. The number of hydrogen-bond donors (Lipinski definition) is 2. The molecule has 0 radical (unpaired) electrons. The summed E-state index contributed by atoms with van der Waals surface area (Å²) in [5.41, 5.74) is 1.05. The molecule has 1 fully saturated rings. The Bertz CT molecular complexity index is 555. The van der Waals surface area contributed by atoms with Crippen molar-refractivity contribution in [3.05, 3.63) is 47.8 Å². The summed E-state index contributed by atoms with van der Waals surface area (Å²) < 4.78 is 18.7. The maximum atomic E-state index is 13.1. The maximum absolute atomic E-state index is 13.1. The van der Waals surface area contributed by atoms with Gasteiger partial charge in [-0.25, -0.2) is 0 Å². The molecule has 1 saturated carbocycles. The predicted molar refractivity (Wildman–Crippen MR) is 104 cm³/mol. The van der Waals surface area contributed by atoms with Gasteiger partial charge in [0.05, 0.1) is 19.3 Å². The van der Waals surface area contributed by atoms with Gasteiger partial charge in [-0.1, -0.05) is 55.7 Å². The zero-order valence-electron chi connectivity index (χ0n) is 15.3. The Morgan fingerprint density at radius 3 is 2.64 bits per heavy atom. The second kappa shape index (κ2) is 10.9. The molecule has 0 amide bonds. The van der Waals surface area contributed by atoms with Crippen molar-refractivity contribution >= 4 is 7.37 Å². The normalized spacial score (nSPS) is 19.8. The molecule has 1 aromatic carbocycles. The second-order valence-electron chi connectivity index (χ2n) is 6.77. The molecule has 0 saturated heterocycles. The zero-order valence-corrected chi connectivity index (χ0v) is 16.2. The van der Waals surface area contributed by atoms with Gasteiger partial charge in [0.25, 0.3) is 0 Å². The number of aliphatic hydroxyl groups is 1. The predicted octanol–water partition coefficient (Wildman–Crippen LogP) is 4.72. The highest BCUT2D eigenvalue weighted by Crippen LogP contribution is 2.51. The molecule has 25 heavy (non-hydrogen) atoms. The fraction of sp³-hybridized carbons (Fsp3) is 0.600. The second-order valence-corrected chi connectivity index (χ2v) is 9.14. The highest BCUT2D eigenvalue weighted by molar-refractivity contribution is 7.62. The van der Waals surface area contributed by atoms with Gasteiger partial charge in [-0.15, -0.1) is 0 Å². The fourth-order valence-electron chi connectivity index (χ4n) is 3.50. The molecule has 0 heterocycles. The van der Waals surface area contributed by atoms with E-state index >= 15 is 0 Å². The van der Waals surface area contributed by atoms with Gasteiger partial charge in [0.1, 0.15) is 0 Å². The standard InChI is InChI=1S/C20H32NO3P/c1-2-24-25(23,17-18-10-5-3-6-11-18)15-9-14-21-20(16-22)19-12-7-4-8-13-19/h4,7-9,12-13,15,18,20-22H,2-3,5-6,10-11,14,16-17H2,1H3/b15-9+. The third-order valence-electron chi connectivity index (χ3n) is 4.78. The highest BCUT2D eigenvalue weighted by atomic mass is 31.2. The molecule has 0 aromatic heterocycles. The summed E-state index contributed by atoms with van der Waals surface area (Å²) in [7, 11) is -2.71. The summed E-state index contributed by atoms with van der Waals surface area (Å²) in [4.78, 5) is 0. The lowest BCUT2D eigenvalue weighted by molar-refractivity contribution is 0.248. The first-order chi connectivity index (χ1) is 12.2. The molecular formula is C20H32NO3P. The summed E-state index contributed by atoms with van der Waals surface area (Å²) in [5, 5.41) is 12.9. The molecule has 140 valence electrons. The Hall–Kier alpha value is -0.930. The van der Waals surface area contributed by atoms with E-state index in [9.17, 15) is 9.67 Å². The maximum Gasteiger partial charge on any atom is 0.225 e. The highest BCUT2D eigenvalue weighted by Gasteiger charge is 2.25. The van der Waals surface area contributed by atoms with Crippen LogP contribution in [-0.4, -0.2) is 31.0 Å². The van der Waals surface area contributed by atoms with Crippen LogP contribution in [0.5, 0.6) is 0 Å². The lowest BCUT2D eigenvalue weighted by Crippen LogP contribution is -2.24. The van der Waals surface area contributed by atoms with Crippen molar-refractivity contribution < 1.29 is 14.2 Å². The van der Waals surface area contributed by atoms with Gasteiger partial charge in [-0.3, -0.25) is 4.57 Å². The van der Waals surface area contributed by atoms with Crippen LogP contribution in [-0.2, 0) is 9.09 Å². The number of rotatable bonds is 10. The van der Waals surface area contributed by atoms with E-state index in [1.54, 1.807) is 5.82 Å². The summed E-state index contributed by atoms with van der Waals surface area (Å²) in [5.74, 6) is 2.30. The van der Waals surface area contributed by atoms with Gasteiger partial charge in [-0.2, -0.15) is 0 Å². The van der Waals surface area contributed by atoms with E-state index in [0.717, 1.165) is 5.56 Å². The van der Waals surface area contributed by atoms with Crippen molar-refractivity contribution in [2.45, 2.75) is 45.1 Å². The van der Waals surface area contributed by atoms with Crippen molar-refractivity contribution in [1.82, 2.24) is 5.32 Å². The number of benzene rings is 1. The number of nitrogens with one attached hydrogen (secondary N) is 1. The number of aliphatic hydroxyl groups excluding tert-OH is 1. The smallest absolute Gasteiger partial charge is 0.225 e. The van der Waals surface area contributed by atoms with E-state index in [1.807, 2.05) is 43.3 Å². The Morgan fingerprint density at radius 1 is 1.28 bits per heavy atom. The third-order valence-corrected chi connectivity index (χ3v) is 7.17. The van der Waals surface area contributed by atoms with E-state index in [4.69, 9.17) is 4.52 Å². The third kappa shape index (κ3) is 7.07. The Morgan fingerprint density at radius 2 is 2.00 bits per heavy atom. The van der Waals surface area contributed by atoms with Gasteiger partial charge in [-0.05, 0) is 37.1 Å². The minimum atomic E-state index is -2.71. The van der Waals surface area contributed by atoms with Gasteiger partial charge in [0, 0.05) is 12.7 Å². The van der Waals surface area contributed by atoms with Crippen LogP contribution in [0.25, 0.3) is 0 Å². The largest absolute Gasteiger partial charge is 0.394 e. The van der Waals surface area contributed by atoms with Crippen LogP contribution in [0.15, 0.2) is 42.2 Å². The van der Waals surface area contributed by atoms with Crippen molar-refractivity contribution in [2.24, 2.45) is 5.92 Å². The summed E-state index contributed by atoms with van der Waals surface area (Å²) in [6.45, 7) is 2.97. The average molecular weight is 365 g/mol. The van der Waals surface area contributed by atoms with Crippen molar-refractivity contribution in [2.75, 3.05) is 25.9 Å². The topological polar surface area (TPSA) is 58.6 Å². The summed E-state index contributed by atoms with van der Waals surface area (Å²) in [6, 6.07) is 9.75. The zero-order chi connectivity index (χ0) is 18.0. The van der Waals surface area contributed by atoms with Crippen molar-refractivity contribution in [1.29, 1.82) is 0 Å². The Kier molecular flexibility index (Phi) is 8.91.